The summed E-state index contributed by atoms with van der Waals surface area (Å²) >= 11 is 12.1. The molecule has 1 heterocycles. The lowest BCUT2D eigenvalue weighted by Gasteiger charge is -2.20. The van der Waals surface area contributed by atoms with Gasteiger partial charge in [-0.15, -0.1) is 0 Å². The lowest BCUT2D eigenvalue weighted by atomic mass is 10.1. The topological polar surface area (TPSA) is 52.6 Å². The Morgan fingerprint density at radius 1 is 1.33 bits per heavy atom. The molecular weight excluding hydrogens is 311 g/mol. The van der Waals surface area contributed by atoms with E-state index in [4.69, 9.17) is 23.2 Å². The molecule has 1 fully saturated rings. The number of carbonyl (C=O) groups is 1. The third kappa shape index (κ3) is 3.69. The molecule has 1 aromatic rings. The fraction of sp³-hybridized carbons (Fsp3) is 0.533. The standard InChI is InChI=1S/C15H20Cl2N2O2/c1-8(2)19-6-13(14(20)7-19)18-15(21)10-4-11(16)9(3)12(17)5-10/h4-5,8,13-14,20H,6-7H2,1-3H3,(H,18,21)/t13-,14-/m0/s1. The van der Waals surface area contributed by atoms with E-state index >= 15 is 0 Å². The van der Waals surface area contributed by atoms with Gasteiger partial charge >= 0.3 is 0 Å². The number of β-amino-alcohol motifs (C(OH)–C–C–N with tert-alkyl or cyclic N) is 1. The third-order valence-corrected chi connectivity index (χ3v) is 4.69. The second-order valence-corrected chi connectivity index (χ2v) is 6.57. The summed E-state index contributed by atoms with van der Waals surface area (Å²) in [6.45, 7) is 7.14. The zero-order valence-electron chi connectivity index (χ0n) is 12.4. The molecule has 6 heteroatoms. The molecule has 1 saturated heterocycles. The number of carbonyl (C=O) groups excluding carboxylic acids is 1. The van der Waals surface area contributed by atoms with Gasteiger partial charge in [0.1, 0.15) is 0 Å². The average Bonchev–Trinajstić information content (AvgIpc) is 2.77. The van der Waals surface area contributed by atoms with Crippen molar-refractivity contribution in [2.75, 3.05) is 13.1 Å². The molecule has 0 aliphatic carbocycles. The third-order valence-electron chi connectivity index (χ3n) is 3.91. The van der Waals surface area contributed by atoms with Gasteiger partial charge in [-0.25, -0.2) is 0 Å². The van der Waals surface area contributed by atoms with Gasteiger partial charge in [-0.1, -0.05) is 23.2 Å². The van der Waals surface area contributed by atoms with E-state index in [-0.39, 0.29) is 11.9 Å². The van der Waals surface area contributed by atoms with Crippen molar-refractivity contribution >= 4 is 29.1 Å². The molecule has 116 valence electrons. The van der Waals surface area contributed by atoms with Crippen LogP contribution >= 0.6 is 23.2 Å². The first-order valence-electron chi connectivity index (χ1n) is 6.98. The van der Waals surface area contributed by atoms with Crippen LogP contribution in [-0.2, 0) is 0 Å². The van der Waals surface area contributed by atoms with E-state index in [9.17, 15) is 9.90 Å². The van der Waals surface area contributed by atoms with Crippen molar-refractivity contribution in [2.45, 2.75) is 39.0 Å². The van der Waals surface area contributed by atoms with E-state index in [0.29, 0.717) is 34.7 Å². The molecule has 21 heavy (non-hydrogen) atoms. The Bertz CT molecular complexity index is 525. The first-order chi connectivity index (χ1) is 9.79. The molecule has 2 N–H and O–H groups in total. The molecule has 1 aliphatic heterocycles. The molecule has 0 radical (unpaired) electrons. The summed E-state index contributed by atoms with van der Waals surface area (Å²) in [5, 5.41) is 13.8. The summed E-state index contributed by atoms with van der Waals surface area (Å²) in [5.74, 6) is -0.270. The van der Waals surface area contributed by atoms with Crippen LogP contribution in [-0.4, -0.2) is 47.2 Å². The van der Waals surface area contributed by atoms with Crippen LogP contribution in [0, 0.1) is 6.92 Å². The summed E-state index contributed by atoms with van der Waals surface area (Å²) in [6, 6.07) is 3.25. The van der Waals surface area contributed by atoms with Gasteiger partial charge in [0.2, 0.25) is 0 Å². The summed E-state index contributed by atoms with van der Waals surface area (Å²) in [7, 11) is 0. The van der Waals surface area contributed by atoms with E-state index in [1.165, 1.54) is 0 Å². The van der Waals surface area contributed by atoms with E-state index in [0.717, 1.165) is 5.56 Å². The lowest BCUT2D eigenvalue weighted by Crippen LogP contribution is -2.43. The van der Waals surface area contributed by atoms with Crippen LogP contribution in [0.2, 0.25) is 10.0 Å². The number of hydrogen-bond acceptors (Lipinski definition) is 3. The Morgan fingerprint density at radius 3 is 2.38 bits per heavy atom. The molecule has 4 nitrogen and oxygen atoms in total. The highest BCUT2D eigenvalue weighted by Crippen LogP contribution is 2.25. The van der Waals surface area contributed by atoms with Crippen LogP contribution in [0.1, 0.15) is 29.8 Å². The van der Waals surface area contributed by atoms with E-state index in [2.05, 4.69) is 24.1 Å². The Morgan fingerprint density at radius 2 is 1.90 bits per heavy atom. The smallest absolute Gasteiger partial charge is 0.251 e. The van der Waals surface area contributed by atoms with E-state index in [1.807, 2.05) is 0 Å². The predicted molar refractivity (Wildman–Crippen MR) is 85.2 cm³/mol. The number of amides is 1. The first kappa shape index (κ1) is 16.6. The number of nitrogens with zero attached hydrogens (tertiary/aromatic N) is 1. The number of aliphatic hydroxyl groups excluding tert-OH is 1. The average molecular weight is 331 g/mol. The van der Waals surface area contributed by atoms with Crippen LogP contribution in [0.25, 0.3) is 0 Å². The number of hydrogen-bond donors (Lipinski definition) is 2. The Kier molecular flexibility index (Phi) is 5.15. The number of halogens is 2. The van der Waals surface area contributed by atoms with Gasteiger partial charge in [-0.05, 0) is 38.5 Å². The molecule has 0 spiro atoms. The van der Waals surface area contributed by atoms with Crippen molar-refractivity contribution in [1.29, 1.82) is 0 Å². The highest BCUT2D eigenvalue weighted by Gasteiger charge is 2.33. The van der Waals surface area contributed by atoms with Crippen molar-refractivity contribution in [2.24, 2.45) is 0 Å². The fourth-order valence-corrected chi connectivity index (χ4v) is 2.90. The van der Waals surface area contributed by atoms with Crippen molar-refractivity contribution in [1.82, 2.24) is 10.2 Å². The van der Waals surface area contributed by atoms with E-state index in [1.54, 1.807) is 19.1 Å². The zero-order chi connectivity index (χ0) is 15.7. The monoisotopic (exact) mass is 330 g/mol. The molecular formula is C15H20Cl2N2O2. The SMILES string of the molecule is Cc1c(Cl)cc(C(=O)N[C@H]2CN(C(C)C)C[C@@H]2O)cc1Cl. The summed E-state index contributed by atoms with van der Waals surface area (Å²) in [5.41, 5.74) is 1.16. The van der Waals surface area contributed by atoms with Crippen LogP contribution < -0.4 is 5.32 Å². The normalized spacial score (nSPS) is 22.8. The summed E-state index contributed by atoms with van der Waals surface area (Å²) < 4.78 is 0. The molecule has 2 rings (SSSR count). The molecule has 0 bridgehead atoms. The van der Waals surface area contributed by atoms with Crippen LogP contribution in [0.4, 0.5) is 0 Å². The Labute approximate surface area is 135 Å². The maximum atomic E-state index is 12.3. The molecule has 1 amide bonds. The van der Waals surface area contributed by atoms with Gasteiger partial charge in [0.05, 0.1) is 12.1 Å². The molecule has 1 aliphatic rings. The number of benzene rings is 1. The second kappa shape index (κ2) is 6.53. The number of rotatable bonds is 3. The Hall–Kier alpha value is -0.810. The van der Waals surface area contributed by atoms with Gasteiger partial charge in [0.25, 0.3) is 5.91 Å². The van der Waals surface area contributed by atoms with Gasteiger partial charge in [-0.3, -0.25) is 9.69 Å². The molecule has 0 unspecified atom stereocenters. The zero-order valence-corrected chi connectivity index (χ0v) is 13.9. The Balaban J connectivity index is 2.08. The maximum Gasteiger partial charge on any atom is 0.251 e. The predicted octanol–water partition coefficient (Wildman–Crippen LogP) is 2.49. The minimum Gasteiger partial charge on any atom is -0.390 e. The first-order valence-corrected chi connectivity index (χ1v) is 7.73. The van der Waals surface area contributed by atoms with Crippen molar-refractivity contribution < 1.29 is 9.90 Å². The number of likely N-dealkylation sites (tertiary alicyclic amines) is 1. The van der Waals surface area contributed by atoms with Crippen molar-refractivity contribution in [3.63, 3.8) is 0 Å². The highest BCUT2D eigenvalue weighted by atomic mass is 35.5. The quantitative estimate of drug-likeness (QED) is 0.895. The molecule has 0 saturated carbocycles. The fourth-order valence-electron chi connectivity index (χ4n) is 2.41. The number of aliphatic hydroxyl groups is 1. The minimum absolute atomic E-state index is 0.270. The van der Waals surface area contributed by atoms with Gasteiger partial charge in [0, 0.05) is 34.7 Å². The van der Waals surface area contributed by atoms with Gasteiger partial charge in [-0.2, -0.15) is 0 Å². The van der Waals surface area contributed by atoms with Crippen LogP contribution in [0.5, 0.6) is 0 Å². The molecule has 1 aromatic carbocycles. The van der Waals surface area contributed by atoms with Gasteiger partial charge < -0.3 is 10.4 Å². The molecule has 2 atom stereocenters. The van der Waals surface area contributed by atoms with Crippen molar-refractivity contribution in [3.8, 4) is 0 Å². The maximum absolute atomic E-state index is 12.3. The summed E-state index contributed by atoms with van der Waals surface area (Å²) in [6.07, 6.45) is -0.562. The van der Waals surface area contributed by atoms with Crippen molar-refractivity contribution in [3.05, 3.63) is 33.3 Å². The second-order valence-electron chi connectivity index (χ2n) is 5.76. The van der Waals surface area contributed by atoms with Crippen LogP contribution in [0.15, 0.2) is 12.1 Å². The van der Waals surface area contributed by atoms with E-state index < -0.39 is 6.10 Å². The molecule has 0 aromatic heterocycles. The summed E-state index contributed by atoms with van der Waals surface area (Å²) in [4.78, 5) is 14.4. The minimum atomic E-state index is -0.562. The van der Waals surface area contributed by atoms with Gasteiger partial charge in [0.15, 0.2) is 0 Å². The highest BCUT2D eigenvalue weighted by molar-refractivity contribution is 6.36. The largest absolute Gasteiger partial charge is 0.390 e. The van der Waals surface area contributed by atoms with Crippen LogP contribution in [0.3, 0.4) is 0 Å². The number of nitrogens with one attached hydrogen (secondary N) is 1. The lowest BCUT2D eigenvalue weighted by molar-refractivity contribution is 0.0888.